The minimum atomic E-state index is -4.60. The van der Waals surface area contributed by atoms with Gasteiger partial charge in [0.15, 0.2) is 0 Å². The van der Waals surface area contributed by atoms with Gasteiger partial charge in [-0.15, -0.1) is 0 Å². The van der Waals surface area contributed by atoms with Crippen LogP contribution in [0.15, 0.2) is 23.3 Å². The molecule has 2 N–H and O–H groups in total. The highest BCUT2D eigenvalue weighted by molar-refractivity contribution is 7.89. The number of aliphatic hydroxyl groups is 1. The number of allylic oxidation sites excluding steroid dienone is 2. The molecule has 2 atom stereocenters. The Bertz CT molecular complexity index is 372. The van der Waals surface area contributed by atoms with E-state index in [2.05, 4.69) is 0 Å². The second-order valence-corrected chi connectivity index (χ2v) is 5.42. The van der Waals surface area contributed by atoms with Gasteiger partial charge in [-0.05, 0) is 12.2 Å². The second kappa shape index (κ2) is 3.25. The van der Waals surface area contributed by atoms with Crippen molar-refractivity contribution in [3.8, 4) is 0 Å². The topological polar surface area (TPSA) is 74.6 Å². The number of halogens is 2. The van der Waals surface area contributed by atoms with Gasteiger partial charge in [-0.2, -0.15) is 8.42 Å². The van der Waals surface area contributed by atoms with Crippen LogP contribution in [0.2, 0.25) is 0 Å². The average Bonchev–Trinajstić information content (AvgIpc) is 1.95. The lowest BCUT2D eigenvalue weighted by atomic mass is 10.1. The molecule has 0 saturated carbocycles. The fraction of sp³-hybridized carbons (Fsp3) is 0.333. The molecular weight excluding hydrogens is 239 g/mol. The minimum absolute atomic E-state index is 0.0397. The molecule has 0 aromatic heterocycles. The molecule has 0 radical (unpaired) electrons. The minimum Gasteiger partial charge on any atom is -0.386 e. The number of hydrogen-bond donors (Lipinski definition) is 2. The van der Waals surface area contributed by atoms with E-state index in [9.17, 15) is 13.5 Å². The summed E-state index contributed by atoms with van der Waals surface area (Å²) in [6, 6.07) is 0. The van der Waals surface area contributed by atoms with E-state index in [0.717, 1.165) is 12.2 Å². The molecule has 7 heteroatoms. The molecule has 0 heterocycles. The van der Waals surface area contributed by atoms with Gasteiger partial charge in [0.05, 0.1) is 0 Å². The van der Waals surface area contributed by atoms with E-state index in [1.165, 1.54) is 6.08 Å². The first kappa shape index (κ1) is 11.0. The van der Waals surface area contributed by atoms with Crippen molar-refractivity contribution in [1.29, 1.82) is 0 Å². The van der Waals surface area contributed by atoms with Gasteiger partial charge in [-0.3, -0.25) is 4.55 Å². The lowest BCUT2D eigenvalue weighted by Crippen LogP contribution is -2.42. The van der Waals surface area contributed by atoms with E-state index >= 15 is 0 Å². The lowest BCUT2D eigenvalue weighted by molar-refractivity contribution is 0.210. The van der Waals surface area contributed by atoms with Crippen molar-refractivity contribution in [3.05, 3.63) is 23.3 Å². The molecule has 1 rings (SSSR count). The van der Waals surface area contributed by atoms with Gasteiger partial charge in [-0.1, -0.05) is 29.3 Å². The SMILES string of the molecule is O=S(=O)(O)C1(Cl)C=C(Cl)C=CC1O. The standard InChI is InChI=1S/C6H6Cl2O4S/c7-4-1-2-5(9)6(8,3-4)13(10,11)12/h1-3,5,9H,(H,10,11,12). The summed E-state index contributed by atoms with van der Waals surface area (Å²) in [4.78, 5) is 0. The summed E-state index contributed by atoms with van der Waals surface area (Å²) in [6.07, 6.45) is 1.73. The smallest absolute Gasteiger partial charge is 0.291 e. The third-order valence-corrected chi connectivity index (χ3v) is 3.87. The second-order valence-electron chi connectivity index (χ2n) is 2.51. The number of hydrogen-bond acceptors (Lipinski definition) is 3. The summed E-state index contributed by atoms with van der Waals surface area (Å²) in [6.45, 7) is 0. The van der Waals surface area contributed by atoms with Crippen LogP contribution in [-0.4, -0.2) is 28.4 Å². The molecule has 0 amide bonds. The van der Waals surface area contributed by atoms with Gasteiger partial charge in [0.1, 0.15) is 6.10 Å². The predicted octanol–water partition coefficient (Wildman–Crippen LogP) is 0.863. The van der Waals surface area contributed by atoms with Crippen LogP contribution in [-0.2, 0) is 10.1 Å². The van der Waals surface area contributed by atoms with E-state index in [1.807, 2.05) is 0 Å². The molecule has 13 heavy (non-hydrogen) atoms. The van der Waals surface area contributed by atoms with E-state index in [0.29, 0.717) is 0 Å². The van der Waals surface area contributed by atoms with Crippen LogP contribution in [0.1, 0.15) is 0 Å². The van der Waals surface area contributed by atoms with E-state index in [4.69, 9.17) is 27.8 Å². The molecule has 0 saturated heterocycles. The summed E-state index contributed by atoms with van der Waals surface area (Å²) in [5.41, 5.74) is 0. The molecule has 0 fully saturated rings. The van der Waals surface area contributed by atoms with Gasteiger partial charge in [0.25, 0.3) is 10.1 Å². The zero-order valence-electron chi connectivity index (χ0n) is 6.18. The zero-order chi connectivity index (χ0) is 10.3. The van der Waals surface area contributed by atoms with Crippen molar-refractivity contribution in [1.82, 2.24) is 0 Å². The Morgan fingerprint density at radius 2 is 2.08 bits per heavy atom. The Morgan fingerprint density at radius 3 is 2.46 bits per heavy atom. The number of rotatable bonds is 1. The molecule has 0 aromatic rings. The largest absolute Gasteiger partial charge is 0.386 e. The number of alkyl halides is 1. The third-order valence-electron chi connectivity index (χ3n) is 1.57. The molecular formula is C6H6Cl2O4S. The highest BCUT2D eigenvalue weighted by Gasteiger charge is 2.46. The van der Waals surface area contributed by atoms with Crippen molar-refractivity contribution in [3.63, 3.8) is 0 Å². The molecule has 0 aliphatic heterocycles. The number of aliphatic hydroxyl groups excluding tert-OH is 1. The normalized spacial score (nSPS) is 34.5. The van der Waals surface area contributed by atoms with Gasteiger partial charge in [-0.25, -0.2) is 0 Å². The first-order valence-electron chi connectivity index (χ1n) is 3.18. The Labute approximate surface area is 85.2 Å². The van der Waals surface area contributed by atoms with Crippen LogP contribution < -0.4 is 0 Å². The molecule has 0 aromatic carbocycles. The highest BCUT2D eigenvalue weighted by Crippen LogP contribution is 2.34. The van der Waals surface area contributed by atoms with Gasteiger partial charge in [0.2, 0.25) is 4.21 Å². The first-order chi connectivity index (χ1) is 5.77. The van der Waals surface area contributed by atoms with Crippen molar-refractivity contribution in [2.45, 2.75) is 10.3 Å². The van der Waals surface area contributed by atoms with Gasteiger partial charge < -0.3 is 5.11 Å². The van der Waals surface area contributed by atoms with Crippen molar-refractivity contribution in [2.24, 2.45) is 0 Å². The van der Waals surface area contributed by atoms with E-state index in [-0.39, 0.29) is 5.03 Å². The Hall–Kier alpha value is -0.0700. The van der Waals surface area contributed by atoms with Crippen molar-refractivity contribution in [2.75, 3.05) is 0 Å². The summed E-state index contributed by atoms with van der Waals surface area (Å²) < 4.78 is 28.0. The summed E-state index contributed by atoms with van der Waals surface area (Å²) in [5, 5.41) is 9.26. The Kier molecular flexibility index (Phi) is 2.75. The highest BCUT2D eigenvalue weighted by atomic mass is 35.5. The summed E-state index contributed by atoms with van der Waals surface area (Å²) >= 11 is 11.0. The van der Waals surface area contributed by atoms with Crippen LogP contribution in [0.5, 0.6) is 0 Å². The fourth-order valence-electron chi connectivity index (χ4n) is 0.863. The monoisotopic (exact) mass is 244 g/mol. The summed E-state index contributed by atoms with van der Waals surface area (Å²) in [7, 11) is -4.60. The van der Waals surface area contributed by atoms with Crippen LogP contribution in [0.3, 0.4) is 0 Å². The quantitative estimate of drug-likeness (QED) is 0.530. The zero-order valence-corrected chi connectivity index (χ0v) is 8.51. The molecule has 4 nitrogen and oxygen atoms in total. The third kappa shape index (κ3) is 1.89. The van der Waals surface area contributed by atoms with Crippen LogP contribution >= 0.6 is 23.2 Å². The summed E-state index contributed by atoms with van der Waals surface area (Å²) in [5.74, 6) is 0. The maximum atomic E-state index is 10.8. The van der Waals surface area contributed by atoms with Crippen LogP contribution in [0.25, 0.3) is 0 Å². The van der Waals surface area contributed by atoms with Gasteiger partial charge in [0, 0.05) is 5.03 Å². The molecule has 1 aliphatic carbocycles. The maximum absolute atomic E-state index is 10.8. The average molecular weight is 245 g/mol. The molecule has 2 unspecified atom stereocenters. The Balaban J connectivity index is 3.25. The van der Waals surface area contributed by atoms with E-state index in [1.54, 1.807) is 0 Å². The molecule has 0 spiro atoms. The molecule has 74 valence electrons. The predicted molar refractivity (Wildman–Crippen MR) is 49.2 cm³/mol. The first-order valence-corrected chi connectivity index (χ1v) is 5.37. The Morgan fingerprint density at radius 1 is 1.54 bits per heavy atom. The van der Waals surface area contributed by atoms with Crippen LogP contribution in [0, 0.1) is 0 Å². The molecule has 0 bridgehead atoms. The van der Waals surface area contributed by atoms with E-state index < -0.39 is 20.4 Å². The van der Waals surface area contributed by atoms with Crippen molar-refractivity contribution >= 4 is 33.3 Å². The molecule has 1 aliphatic rings. The van der Waals surface area contributed by atoms with Gasteiger partial charge >= 0.3 is 0 Å². The maximum Gasteiger partial charge on any atom is 0.291 e. The lowest BCUT2D eigenvalue weighted by Gasteiger charge is -2.26. The van der Waals surface area contributed by atoms with Crippen LogP contribution in [0.4, 0.5) is 0 Å². The van der Waals surface area contributed by atoms with Crippen molar-refractivity contribution < 1.29 is 18.1 Å². The fourth-order valence-corrected chi connectivity index (χ4v) is 2.08.